The van der Waals surface area contributed by atoms with Gasteiger partial charge in [0.2, 0.25) is 0 Å². The second-order valence-electron chi connectivity index (χ2n) is 3.96. The van der Waals surface area contributed by atoms with Gasteiger partial charge in [0.25, 0.3) is 0 Å². The van der Waals surface area contributed by atoms with Crippen LogP contribution >= 0.6 is 12.4 Å². The molecule has 0 bridgehead atoms. The maximum atomic E-state index is 6.17. The molecule has 2 rings (SSSR count). The number of halogens is 1. The van der Waals surface area contributed by atoms with E-state index in [2.05, 4.69) is 49.4 Å². The van der Waals surface area contributed by atoms with Gasteiger partial charge in [-0.1, -0.05) is 55.8 Å². The zero-order chi connectivity index (χ0) is 10.7. The molecule has 16 heavy (non-hydrogen) atoms. The lowest BCUT2D eigenvalue weighted by molar-refractivity contribution is 0.642. The van der Waals surface area contributed by atoms with Gasteiger partial charge in [-0.15, -0.1) is 12.4 Å². The van der Waals surface area contributed by atoms with Gasteiger partial charge in [-0.3, -0.25) is 0 Å². The van der Waals surface area contributed by atoms with Crippen LogP contribution in [0.4, 0.5) is 0 Å². The van der Waals surface area contributed by atoms with Gasteiger partial charge in [0.05, 0.1) is 0 Å². The summed E-state index contributed by atoms with van der Waals surface area (Å²) >= 11 is 0. The highest BCUT2D eigenvalue weighted by molar-refractivity contribution is 5.86. The van der Waals surface area contributed by atoms with E-state index in [-0.39, 0.29) is 18.4 Å². The second-order valence-corrected chi connectivity index (χ2v) is 3.96. The van der Waals surface area contributed by atoms with E-state index in [9.17, 15) is 0 Å². The van der Waals surface area contributed by atoms with Crippen LogP contribution in [0.25, 0.3) is 10.8 Å². The highest BCUT2D eigenvalue weighted by Gasteiger charge is 2.07. The first kappa shape index (κ1) is 13.0. The molecular weight excluding hydrogens is 218 g/mol. The molecule has 1 unspecified atom stereocenters. The molecule has 0 aliphatic heterocycles. The molecule has 0 aliphatic carbocycles. The van der Waals surface area contributed by atoms with E-state index in [1.54, 1.807) is 0 Å². The largest absolute Gasteiger partial charge is 0.324 e. The van der Waals surface area contributed by atoms with Crippen LogP contribution in [0, 0.1) is 0 Å². The van der Waals surface area contributed by atoms with E-state index >= 15 is 0 Å². The van der Waals surface area contributed by atoms with Crippen molar-refractivity contribution in [3.63, 3.8) is 0 Å². The van der Waals surface area contributed by atoms with Crippen LogP contribution in [0.5, 0.6) is 0 Å². The van der Waals surface area contributed by atoms with Gasteiger partial charge in [0, 0.05) is 6.04 Å². The van der Waals surface area contributed by atoms with Crippen molar-refractivity contribution in [3.05, 3.63) is 48.0 Å². The van der Waals surface area contributed by atoms with Gasteiger partial charge in [-0.05, 0) is 22.8 Å². The molecule has 0 amide bonds. The molecule has 2 N–H and O–H groups in total. The van der Waals surface area contributed by atoms with Crippen LogP contribution < -0.4 is 5.73 Å². The highest BCUT2D eigenvalue weighted by atomic mass is 35.5. The number of rotatable bonds is 3. The van der Waals surface area contributed by atoms with Gasteiger partial charge in [0.15, 0.2) is 0 Å². The van der Waals surface area contributed by atoms with Crippen LogP contribution in [-0.4, -0.2) is 0 Å². The third-order valence-electron chi connectivity index (χ3n) is 2.82. The lowest BCUT2D eigenvalue weighted by atomic mass is 9.97. The van der Waals surface area contributed by atoms with Crippen LogP contribution in [0.3, 0.4) is 0 Å². The Balaban J connectivity index is 0.00000128. The minimum atomic E-state index is 0. The van der Waals surface area contributed by atoms with E-state index in [1.165, 1.54) is 16.3 Å². The van der Waals surface area contributed by atoms with Gasteiger partial charge in [-0.25, -0.2) is 0 Å². The Labute approximate surface area is 103 Å². The van der Waals surface area contributed by atoms with Crippen LogP contribution in [0.1, 0.15) is 31.4 Å². The number of hydrogen-bond donors (Lipinski definition) is 1. The Hall–Kier alpha value is -1.05. The lowest BCUT2D eigenvalue weighted by Gasteiger charge is -2.13. The Morgan fingerprint density at radius 1 is 1.06 bits per heavy atom. The maximum absolute atomic E-state index is 6.17. The van der Waals surface area contributed by atoms with E-state index in [1.807, 2.05) is 0 Å². The molecule has 2 aromatic rings. The summed E-state index contributed by atoms with van der Waals surface area (Å²) in [6.07, 6.45) is 2.18. The molecule has 2 aromatic carbocycles. The Morgan fingerprint density at radius 3 is 2.50 bits per heavy atom. The predicted molar refractivity (Wildman–Crippen MR) is 73.0 cm³/mol. The summed E-state index contributed by atoms with van der Waals surface area (Å²) in [4.78, 5) is 0. The third kappa shape index (κ3) is 2.55. The summed E-state index contributed by atoms with van der Waals surface area (Å²) in [6, 6.07) is 15.0. The standard InChI is InChI=1S/C14H17N.ClH/c1-2-6-14(15)13-10-5-8-11-7-3-4-9-12(11)13;/h3-5,7-10,14H,2,6,15H2,1H3;1H. The van der Waals surface area contributed by atoms with Crippen LogP contribution in [0.15, 0.2) is 42.5 Å². The normalized spacial score (nSPS) is 12.1. The maximum Gasteiger partial charge on any atom is 0.0300 e. The first-order chi connectivity index (χ1) is 7.33. The molecule has 0 fully saturated rings. The average Bonchev–Trinajstić information content (AvgIpc) is 2.28. The fourth-order valence-electron chi connectivity index (χ4n) is 2.04. The number of benzene rings is 2. The minimum Gasteiger partial charge on any atom is -0.324 e. The molecule has 0 aromatic heterocycles. The summed E-state index contributed by atoms with van der Waals surface area (Å²) in [7, 11) is 0. The molecule has 1 atom stereocenters. The third-order valence-corrected chi connectivity index (χ3v) is 2.82. The molecular formula is C14H18ClN. The molecule has 0 heterocycles. The van der Waals surface area contributed by atoms with Crippen LogP contribution in [0.2, 0.25) is 0 Å². The van der Waals surface area contributed by atoms with E-state index < -0.39 is 0 Å². The van der Waals surface area contributed by atoms with Crippen molar-refractivity contribution in [2.24, 2.45) is 5.73 Å². The van der Waals surface area contributed by atoms with Crippen molar-refractivity contribution < 1.29 is 0 Å². The SMILES string of the molecule is CCCC(N)c1cccc2ccccc12.Cl. The van der Waals surface area contributed by atoms with Crippen molar-refractivity contribution in [2.75, 3.05) is 0 Å². The Morgan fingerprint density at radius 2 is 1.75 bits per heavy atom. The molecule has 2 heteroatoms. The van der Waals surface area contributed by atoms with Crippen molar-refractivity contribution in [1.29, 1.82) is 0 Å². The van der Waals surface area contributed by atoms with E-state index in [0.29, 0.717) is 0 Å². The minimum absolute atomic E-state index is 0. The summed E-state index contributed by atoms with van der Waals surface area (Å²) < 4.78 is 0. The zero-order valence-electron chi connectivity index (χ0n) is 9.52. The summed E-state index contributed by atoms with van der Waals surface area (Å²) in [6.45, 7) is 2.17. The number of nitrogens with two attached hydrogens (primary N) is 1. The molecule has 1 nitrogen and oxygen atoms in total. The van der Waals surface area contributed by atoms with Gasteiger partial charge in [-0.2, -0.15) is 0 Å². The first-order valence-electron chi connectivity index (χ1n) is 5.56. The summed E-state index contributed by atoms with van der Waals surface area (Å²) in [5.74, 6) is 0. The summed E-state index contributed by atoms with van der Waals surface area (Å²) in [5, 5.41) is 2.57. The molecule has 0 saturated heterocycles. The first-order valence-corrected chi connectivity index (χ1v) is 5.56. The van der Waals surface area contributed by atoms with Gasteiger partial charge < -0.3 is 5.73 Å². The quantitative estimate of drug-likeness (QED) is 0.853. The van der Waals surface area contributed by atoms with Crippen LogP contribution in [-0.2, 0) is 0 Å². The fraction of sp³-hybridized carbons (Fsp3) is 0.286. The van der Waals surface area contributed by atoms with E-state index in [0.717, 1.165) is 12.8 Å². The number of hydrogen-bond acceptors (Lipinski definition) is 1. The van der Waals surface area contributed by atoms with Crippen molar-refractivity contribution in [3.8, 4) is 0 Å². The molecule has 86 valence electrons. The van der Waals surface area contributed by atoms with Crippen molar-refractivity contribution in [2.45, 2.75) is 25.8 Å². The summed E-state index contributed by atoms with van der Waals surface area (Å²) in [5.41, 5.74) is 7.44. The highest BCUT2D eigenvalue weighted by Crippen LogP contribution is 2.25. The number of fused-ring (bicyclic) bond motifs is 1. The monoisotopic (exact) mass is 235 g/mol. The zero-order valence-corrected chi connectivity index (χ0v) is 10.3. The second kappa shape index (κ2) is 5.88. The Bertz CT molecular complexity index is 448. The van der Waals surface area contributed by atoms with E-state index in [4.69, 9.17) is 5.73 Å². The molecule has 0 aliphatic rings. The molecule has 0 spiro atoms. The Kier molecular flexibility index (Phi) is 4.78. The predicted octanol–water partition coefficient (Wildman–Crippen LogP) is 4.06. The fourth-order valence-corrected chi connectivity index (χ4v) is 2.04. The topological polar surface area (TPSA) is 26.0 Å². The van der Waals surface area contributed by atoms with Crippen molar-refractivity contribution >= 4 is 23.2 Å². The lowest BCUT2D eigenvalue weighted by Crippen LogP contribution is -2.09. The molecule has 0 radical (unpaired) electrons. The van der Waals surface area contributed by atoms with Gasteiger partial charge in [0.1, 0.15) is 0 Å². The smallest absolute Gasteiger partial charge is 0.0300 e. The van der Waals surface area contributed by atoms with Crippen molar-refractivity contribution in [1.82, 2.24) is 0 Å². The average molecular weight is 236 g/mol. The molecule has 0 saturated carbocycles. The van der Waals surface area contributed by atoms with Gasteiger partial charge >= 0.3 is 0 Å².